The number of methoxy groups -OCH3 is 1. The zero-order valence-corrected chi connectivity index (χ0v) is 12.3. The van der Waals surface area contributed by atoms with E-state index in [-0.39, 0.29) is 23.8 Å². The number of anilines is 1. The Kier molecular flexibility index (Phi) is 5.33. The quantitative estimate of drug-likeness (QED) is 0.619. The minimum atomic E-state index is -0.453. The maximum atomic E-state index is 10.9. The standard InChI is InChI=1S/C14H22N2O4/c1-14(2,3)13(5-6-17)15-10-7-11(16(18)19)9-12(8-10)20-4/h7-9,13,15,17H,5-6H2,1-4H3. The van der Waals surface area contributed by atoms with E-state index in [1.807, 2.05) is 0 Å². The highest BCUT2D eigenvalue weighted by atomic mass is 16.6. The number of non-ortho nitro benzene ring substituents is 1. The fourth-order valence-electron chi connectivity index (χ4n) is 1.94. The first-order valence-corrected chi connectivity index (χ1v) is 6.49. The predicted octanol–water partition coefficient (Wildman–Crippen LogP) is 2.81. The Morgan fingerprint density at radius 3 is 2.50 bits per heavy atom. The monoisotopic (exact) mass is 282 g/mol. The van der Waals surface area contributed by atoms with E-state index in [1.54, 1.807) is 6.07 Å². The second-order valence-corrected chi connectivity index (χ2v) is 5.75. The van der Waals surface area contributed by atoms with Gasteiger partial charge in [0, 0.05) is 30.5 Å². The summed E-state index contributed by atoms with van der Waals surface area (Å²) in [5.74, 6) is 0.429. The molecule has 0 aliphatic carbocycles. The van der Waals surface area contributed by atoms with Crippen molar-refractivity contribution in [3.63, 3.8) is 0 Å². The van der Waals surface area contributed by atoms with Crippen LogP contribution in [0.4, 0.5) is 11.4 Å². The number of hydrogen-bond donors (Lipinski definition) is 2. The number of ether oxygens (including phenoxy) is 1. The maximum absolute atomic E-state index is 10.9. The molecule has 112 valence electrons. The molecule has 1 rings (SSSR count). The van der Waals surface area contributed by atoms with Gasteiger partial charge in [0.25, 0.3) is 5.69 Å². The molecule has 0 saturated heterocycles. The van der Waals surface area contributed by atoms with Gasteiger partial charge in [-0.25, -0.2) is 0 Å². The van der Waals surface area contributed by atoms with Gasteiger partial charge in [0.15, 0.2) is 0 Å². The number of nitro benzene ring substituents is 1. The first-order chi connectivity index (χ1) is 9.27. The van der Waals surface area contributed by atoms with Crippen LogP contribution >= 0.6 is 0 Å². The highest BCUT2D eigenvalue weighted by molar-refractivity contribution is 5.57. The Labute approximate surface area is 118 Å². The van der Waals surface area contributed by atoms with E-state index < -0.39 is 4.92 Å². The molecule has 0 saturated carbocycles. The van der Waals surface area contributed by atoms with E-state index in [4.69, 9.17) is 9.84 Å². The van der Waals surface area contributed by atoms with Crippen molar-refractivity contribution in [1.82, 2.24) is 0 Å². The van der Waals surface area contributed by atoms with Gasteiger partial charge in [0.1, 0.15) is 5.75 Å². The molecule has 1 unspecified atom stereocenters. The van der Waals surface area contributed by atoms with Crippen LogP contribution < -0.4 is 10.1 Å². The van der Waals surface area contributed by atoms with E-state index in [0.717, 1.165) is 0 Å². The topological polar surface area (TPSA) is 84.6 Å². The fraction of sp³-hybridized carbons (Fsp3) is 0.571. The minimum Gasteiger partial charge on any atom is -0.496 e. The van der Waals surface area contributed by atoms with Crippen molar-refractivity contribution in [3.05, 3.63) is 28.3 Å². The summed E-state index contributed by atoms with van der Waals surface area (Å²) in [5, 5.41) is 23.3. The minimum absolute atomic E-state index is 0.000731. The number of nitrogens with zero attached hydrogens (tertiary/aromatic N) is 1. The molecule has 0 spiro atoms. The van der Waals surface area contributed by atoms with Crippen LogP contribution in [0.15, 0.2) is 18.2 Å². The number of rotatable bonds is 6. The Balaban J connectivity index is 3.05. The zero-order valence-electron chi connectivity index (χ0n) is 12.3. The summed E-state index contributed by atoms with van der Waals surface area (Å²) >= 11 is 0. The van der Waals surface area contributed by atoms with Gasteiger partial charge in [-0.2, -0.15) is 0 Å². The SMILES string of the molecule is COc1cc(NC(CCO)C(C)(C)C)cc([N+](=O)[O-])c1. The number of benzene rings is 1. The summed E-state index contributed by atoms with van der Waals surface area (Å²) in [6.45, 7) is 6.21. The van der Waals surface area contributed by atoms with Crippen LogP contribution in [0.3, 0.4) is 0 Å². The van der Waals surface area contributed by atoms with Gasteiger partial charge >= 0.3 is 0 Å². The molecule has 1 atom stereocenters. The van der Waals surface area contributed by atoms with E-state index in [0.29, 0.717) is 17.9 Å². The van der Waals surface area contributed by atoms with E-state index >= 15 is 0 Å². The van der Waals surface area contributed by atoms with Crippen LogP contribution in [0, 0.1) is 15.5 Å². The highest BCUT2D eigenvalue weighted by Gasteiger charge is 2.24. The Morgan fingerprint density at radius 1 is 1.40 bits per heavy atom. The molecule has 1 aromatic carbocycles. The molecule has 0 amide bonds. The number of aliphatic hydroxyl groups excluding tert-OH is 1. The molecule has 20 heavy (non-hydrogen) atoms. The largest absolute Gasteiger partial charge is 0.496 e. The number of hydrogen-bond acceptors (Lipinski definition) is 5. The van der Waals surface area contributed by atoms with Crippen LogP contribution in [-0.2, 0) is 0 Å². The van der Waals surface area contributed by atoms with E-state index in [1.165, 1.54) is 19.2 Å². The third kappa shape index (κ3) is 4.38. The second kappa shape index (κ2) is 6.56. The molecular weight excluding hydrogens is 260 g/mol. The van der Waals surface area contributed by atoms with Gasteiger partial charge < -0.3 is 15.2 Å². The average molecular weight is 282 g/mol. The molecule has 0 aliphatic rings. The lowest BCUT2D eigenvalue weighted by atomic mass is 9.85. The molecule has 1 aromatic rings. The summed E-state index contributed by atoms with van der Waals surface area (Å²) in [5.41, 5.74) is 0.508. The summed E-state index contributed by atoms with van der Waals surface area (Å²) in [6.07, 6.45) is 0.564. The molecule has 0 aromatic heterocycles. The molecule has 0 radical (unpaired) electrons. The predicted molar refractivity (Wildman–Crippen MR) is 78.2 cm³/mol. The molecule has 0 heterocycles. The van der Waals surface area contributed by atoms with E-state index in [2.05, 4.69) is 26.1 Å². The molecule has 0 fully saturated rings. The number of aliphatic hydroxyl groups is 1. The highest BCUT2D eigenvalue weighted by Crippen LogP contribution is 2.30. The van der Waals surface area contributed by atoms with Crippen molar-refractivity contribution in [1.29, 1.82) is 0 Å². The van der Waals surface area contributed by atoms with Gasteiger partial charge in [-0.15, -0.1) is 0 Å². The Morgan fingerprint density at radius 2 is 2.05 bits per heavy atom. The lowest BCUT2D eigenvalue weighted by Gasteiger charge is -2.32. The maximum Gasteiger partial charge on any atom is 0.275 e. The Hall–Kier alpha value is -1.82. The van der Waals surface area contributed by atoms with Crippen LogP contribution in [0.1, 0.15) is 27.2 Å². The van der Waals surface area contributed by atoms with Crippen molar-refractivity contribution in [2.75, 3.05) is 19.0 Å². The summed E-state index contributed by atoms with van der Waals surface area (Å²) < 4.78 is 5.08. The summed E-state index contributed by atoms with van der Waals surface area (Å²) in [4.78, 5) is 10.5. The van der Waals surface area contributed by atoms with E-state index in [9.17, 15) is 10.1 Å². The van der Waals surface area contributed by atoms with Crippen LogP contribution in [-0.4, -0.2) is 29.8 Å². The first kappa shape index (κ1) is 16.2. The second-order valence-electron chi connectivity index (χ2n) is 5.75. The number of nitro groups is 1. The van der Waals surface area contributed by atoms with Crippen molar-refractivity contribution in [2.24, 2.45) is 5.41 Å². The summed E-state index contributed by atoms with van der Waals surface area (Å²) in [7, 11) is 1.47. The molecule has 2 N–H and O–H groups in total. The van der Waals surface area contributed by atoms with Crippen molar-refractivity contribution in [3.8, 4) is 5.75 Å². The normalized spacial score (nSPS) is 12.8. The van der Waals surface area contributed by atoms with Gasteiger partial charge in [-0.1, -0.05) is 20.8 Å². The van der Waals surface area contributed by atoms with Crippen LogP contribution in [0.2, 0.25) is 0 Å². The first-order valence-electron chi connectivity index (χ1n) is 6.49. The summed E-state index contributed by atoms with van der Waals surface area (Å²) in [6, 6.07) is 4.56. The fourth-order valence-corrected chi connectivity index (χ4v) is 1.94. The lowest BCUT2D eigenvalue weighted by Crippen LogP contribution is -2.34. The van der Waals surface area contributed by atoms with Crippen molar-refractivity contribution >= 4 is 11.4 Å². The molecule has 6 nitrogen and oxygen atoms in total. The zero-order chi connectivity index (χ0) is 15.3. The lowest BCUT2D eigenvalue weighted by molar-refractivity contribution is -0.384. The van der Waals surface area contributed by atoms with Gasteiger partial charge in [-0.05, 0) is 11.8 Å². The average Bonchev–Trinajstić information content (AvgIpc) is 2.36. The third-order valence-corrected chi connectivity index (χ3v) is 3.14. The molecule has 0 bridgehead atoms. The van der Waals surface area contributed by atoms with Crippen LogP contribution in [0.5, 0.6) is 5.75 Å². The van der Waals surface area contributed by atoms with Gasteiger partial charge in [0.2, 0.25) is 0 Å². The Bertz CT molecular complexity index is 469. The van der Waals surface area contributed by atoms with Crippen LogP contribution in [0.25, 0.3) is 0 Å². The molecular formula is C14H22N2O4. The van der Waals surface area contributed by atoms with Gasteiger partial charge in [0.05, 0.1) is 18.1 Å². The third-order valence-electron chi connectivity index (χ3n) is 3.14. The molecule has 0 aliphatic heterocycles. The smallest absolute Gasteiger partial charge is 0.275 e. The molecule has 6 heteroatoms. The van der Waals surface area contributed by atoms with Crippen molar-refractivity contribution < 1.29 is 14.8 Å². The number of nitrogens with one attached hydrogen (secondary N) is 1. The van der Waals surface area contributed by atoms with Crippen molar-refractivity contribution in [2.45, 2.75) is 33.2 Å². The van der Waals surface area contributed by atoms with Gasteiger partial charge in [-0.3, -0.25) is 10.1 Å².